The Morgan fingerprint density at radius 1 is 1.12 bits per heavy atom. The number of rotatable bonds is 7. The predicted octanol–water partition coefficient (Wildman–Crippen LogP) is 7.39. The summed E-state index contributed by atoms with van der Waals surface area (Å²) >= 11 is 11.7. The summed E-state index contributed by atoms with van der Waals surface area (Å²) in [6.07, 6.45) is 7.93. The van der Waals surface area contributed by atoms with Crippen molar-refractivity contribution < 1.29 is 14.3 Å². The monoisotopic (exact) mass is 509 g/mol. The van der Waals surface area contributed by atoms with Gasteiger partial charge in [0.1, 0.15) is 5.75 Å². The second-order valence-electron chi connectivity index (χ2n) is 11.7. The normalized spacial score (nSPS) is 30.3. The minimum atomic E-state index is -0.344. The first-order valence-corrected chi connectivity index (χ1v) is 14.1. The molecule has 3 aliphatic rings. The number of amides is 1. The molecule has 0 unspecified atom stereocenters. The average molecular weight is 511 g/mol. The van der Waals surface area contributed by atoms with Crippen molar-refractivity contribution in [1.82, 2.24) is 4.90 Å². The molecular formula is C28H41Cl2NO3. The molecule has 1 amide bonds. The molecule has 0 spiro atoms. The van der Waals surface area contributed by atoms with Gasteiger partial charge in [-0.05, 0) is 112 Å². The van der Waals surface area contributed by atoms with Crippen LogP contribution in [0.4, 0.5) is 4.79 Å². The summed E-state index contributed by atoms with van der Waals surface area (Å²) < 4.78 is 12.3. The molecule has 0 saturated heterocycles. The average Bonchev–Trinajstić information content (AvgIpc) is 3.11. The molecule has 4 nitrogen and oxygen atoms in total. The van der Waals surface area contributed by atoms with E-state index < -0.39 is 0 Å². The lowest BCUT2D eigenvalue weighted by atomic mass is 9.55. The Morgan fingerprint density at radius 2 is 1.91 bits per heavy atom. The fourth-order valence-corrected chi connectivity index (χ4v) is 7.33. The second kappa shape index (κ2) is 10.6. The van der Waals surface area contributed by atoms with Gasteiger partial charge < -0.3 is 14.4 Å². The Bertz CT molecular complexity index is 870. The van der Waals surface area contributed by atoms with Gasteiger partial charge in [-0.1, -0.05) is 13.0 Å². The molecule has 6 heteroatoms. The molecule has 1 aromatic carbocycles. The Morgan fingerprint density at radius 3 is 2.62 bits per heavy atom. The maximum Gasteiger partial charge on any atom is 0.415 e. The van der Waals surface area contributed by atoms with Crippen molar-refractivity contribution >= 4 is 29.3 Å². The molecule has 0 aliphatic heterocycles. The molecule has 1 aromatic rings. The minimum absolute atomic E-state index is 0.0876. The third-order valence-electron chi connectivity index (χ3n) is 8.49. The number of hydrogen-bond acceptors (Lipinski definition) is 3. The number of alkyl halides is 2. The third kappa shape index (κ3) is 5.39. The van der Waals surface area contributed by atoms with Gasteiger partial charge in [0, 0.05) is 24.8 Å². The zero-order valence-electron chi connectivity index (χ0n) is 21.2. The molecule has 190 valence electrons. The number of aryl methyl sites for hydroxylation is 1. The molecule has 4 rings (SSSR count). The molecule has 0 heterocycles. The van der Waals surface area contributed by atoms with Gasteiger partial charge in [0.05, 0.1) is 11.7 Å². The van der Waals surface area contributed by atoms with Crippen LogP contribution < -0.4 is 4.74 Å². The Kier molecular flexibility index (Phi) is 8.11. The highest BCUT2D eigenvalue weighted by Gasteiger charge is 2.55. The van der Waals surface area contributed by atoms with E-state index in [-0.39, 0.29) is 17.1 Å². The van der Waals surface area contributed by atoms with Crippen LogP contribution in [-0.4, -0.2) is 47.5 Å². The quantitative estimate of drug-likeness (QED) is 0.359. The second-order valence-corrected chi connectivity index (χ2v) is 12.5. The summed E-state index contributed by atoms with van der Waals surface area (Å²) in [6, 6.07) is 6.30. The molecule has 0 aromatic heterocycles. The molecule has 0 bridgehead atoms. The standard InChI is InChI=1S/C28H41Cl2NO3/c1-27(2,3)34-25-11-10-24-23-8-6-19-18-20(33-26(32)31(17-15-30)16-5-14-29)7-9-21(19)22(23)12-13-28(24,25)4/h7,9,18,22-25H,5-6,8,10-17H2,1-4H3/t22-,23-,24+,25+,28+/m1/s1. The van der Waals surface area contributed by atoms with Crippen LogP contribution >= 0.6 is 23.2 Å². The molecule has 2 saturated carbocycles. The van der Waals surface area contributed by atoms with E-state index in [1.807, 2.05) is 6.07 Å². The number of hydrogen-bond donors (Lipinski definition) is 0. The number of nitrogens with zero attached hydrogens (tertiary/aromatic N) is 1. The molecular weight excluding hydrogens is 469 g/mol. The summed E-state index contributed by atoms with van der Waals surface area (Å²) in [4.78, 5) is 14.3. The lowest BCUT2D eigenvalue weighted by Gasteiger charge is -2.51. The number of fused-ring (bicyclic) bond motifs is 5. The minimum Gasteiger partial charge on any atom is -0.410 e. The first kappa shape index (κ1) is 26.1. The van der Waals surface area contributed by atoms with E-state index in [9.17, 15) is 4.79 Å². The van der Waals surface area contributed by atoms with Gasteiger partial charge in [0.2, 0.25) is 0 Å². The zero-order chi connectivity index (χ0) is 24.5. The largest absolute Gasteiger partial charge is 0.415 e. The van der Waals surface area contributed by atoms with Gasteiger partial charge >= 0.3 is 6.09 Å². The van der Waals surface area contributed by atoms with Crippen molar-refractivity contribution in [2.45, 2.75) is 90.3 Å². The number of carbonyl (C=O) groups excluding carboxylic acids is 1. The van der Waals surface area contributed by atoms with Crippen molar-refractivity contribution in [3.05, 3.63) is 29.3 Å². The molecule has 34 heavy (non-hydrogen) atoms. The van der Waals surface area contributed by atoms with Crippen LogP contribution in [0.1, 0.15) is 83.3 Å². The van der Waals surface area contributed by atoms with Gasteiger partial charge in [-0.25, -0.2) is 4.79 Å². The number of ether oxygens (including phenoxy) is 2. The Hall–Kier alpha value is -0.970. The van der Waals surface area contributed by atoms with Crippen molar-refractivity contribution in [1.29, 1.82) is 0 Å². The van der Waals surface area contributed by atoms with E-state index in [2.05, 4.69) is 39.8 Å². The van der Waals surface area contributed by atoms with Crippen LogP contribution in [0.5, 0.6) is 5.75 Å². The molecule has 2 fully saturated rings. The van der Waals surface area contributed by atoms with Gasteiger partial charge in [-0.3, -0.25) is 0 Å². The van der Waals surface area contributed by atoms with Crippen LogP contribution in [0, 0.1) is 17.3 Å². The van der Waals surface area contributed by atoms with E-state index in [1.165, 1.54) is 43.2 Å². The number of benzene rings is 1. The van der Waals surface area contributed by atoms with Gasteiger partial charge in [0.25, 0.3) is 0 Å². The van der Waals surface area contributed by atoms with Crippen LogP contribution in [0.25, 0.3) is 0 Å². The number of halogens is 2. The summed E-state index contributed by atoms with van der Waals surface area (Å²) in [7, 11) is 0. The highest BCUT2D eigenvalue weighted by atomic mass is 35.5. The third-order valence-corrected chi connectivity index (χ3v) is 8.92. The van der Waals surface area contributed by atoms with Crippen molar-refractivity contribution in [2.75, 3.05) is 24.8 Å². The van der Waals surface area contributed by atoms with E-state index in [0.29, 0.717) is 42.6 Å². The first-order valence-electron chi connectivity index (χ1n) is 13.1. The van der Waals surface area contributed by atoms with Gasteiger partial charge in [-0.2, -0.15) is 0 Å². The fraction of sp³-hybridized carbons (Fsp3) is 0.750. The van der Waals surface area contributed by atoms with Gasteiger partial charge in [0.15, 0.2) is 0 Å². The molecule has 3 aliphatic carbocycles. The lowest BCUT2D eigenvalue weighted by Crippen LogP contribution is -2.46. The van der Waals surface area contributed by atoms with E-state index in [1.54, 1.807) is 4.90 Å². The Labute approximate surface area is 215 Å². The maximum atomic E-state index is 12.7. The van der Waals surface area contributed by atoms with Crippen LogP contribution in [0.15, 0.2) is 18.2 Å². The smallest absolute Gasteiger partial charge is 0.410 e. The topological polar surface area (TPSA) is 38.8 Å². The maximum absolute atomic E-state index is 12.7. The van der Waals surface area contributed by atoms with Crippen molar-refractivity contribution in [3.63, 3.8) is 0 Å². The van der Waals surface area contributed by atoms with Crippen LogP contribution in [0.3, 0.4) is 0 Å². The first-order chi connectivity index (χ1) is 16.2. The highest BCUT2D eigenvalue weighted by Crippen LogP contribution is 2.62. The summed E-state index contributed by atoms with van der Waals surface area (Å²) in [5.74, 6) is 3.59. The summed E-state index contributed by atoms with van der Waals surface area (Å²) in [6.45, 7) is 10.1. The molecule has 0 radical (unpaired) electrons. The van der Waals surface area contributed by atoms with Crippen molar-refractivity contribution in [2.24, 2.45) is 17.3 Å². The molecule has 5 atom stereocenters. The van der Waals surface area contributed by atoms with Gasteiger partial charge in [-0.15, -0.1) is 23.2 Å². The SMILES string of the molecule is CC(C)(C)O[C@H]1CC[C@H]2[C@@H]3CCc4cc(OC(=O)N(CCCl)CCCCl)ccc4[C@H]3CC[C@]12C. The lowest BCUT2D eigenvalue weighted by molar-refractivity contribution is -0.125. The van der Waals surface area contributed by atoms with Crippen molar-refractivity contribution in [3.8, 4) is 5.75 Å². The van der Waals surface area contributed by atoms with E-state index in [4.69, 9.17) is 32.7 Å². The zero-order valence-corrected chi connectivity index (χ0v) is 22.8. The summed E-state index contributed by atoms with van der Waals surface area (Å²) in [5, 5.41) is 0. The predicted molar refractivity (Wildman–Crippen MR) is 139 cm³/mol. The number of carbonyl (C=O) groups is 1. The summed E-state index contributed by atoms with van der Waals surface area (Å²) in [5.41, 5.74) is 3.02. The fourth-order valence-electron chi connectivity index (χ4n) is 7.01. The Balaban J connectivity index is 1.46. The van der Waals surface area contributed by atoms with E-state index in [0.717, 1.165) is 24.7 Å². The van der Waals surface area contributed by atoms with Crippen LogP contribution in [-0.2, 0) is 11.2 Å². The molecule has 0 N–H and O–H groups in total. The van der Waals surface area contributed by atoms with E-state index >= 15 is 0 Å². The highest BCUT2D eigenvalue weighted by molar-refractivity contribution is 6.18. The van der Waals surface area contributed by atoms with Crippen LogP contribution in [0.2, 0.25) is 0 Å².